The van der Waals surface area contributed by atoms with E-state index in [0.29, 0.717) is 40.8 Å². The Morgan fingerprint density at radius 2 is 1.81 bits per heavy atom. The second kappa shape index (κ2) is 14.1. The number of fused-ring (bicyclic) bond motifs is 1. The van der Waals surface area contributed by atoms with Gasteiger partial charge in [0, 0.05) is 36.4 Å². The van der Waals surface area contributed by atoms with E-state index in [-0.39, 0.29) is 18.6 Å². The molecule has 0 amide bonds. The van der Waals surface area contributed by atoms with Crippen molar-refractivity contribution in [3.8, 4) is 17.6 Å². The molecule has 1 atom stereocenters. The quantitative estimate of drug-likeness (QED) is 0.231. The number of methoxy groups -OCH3 is 1. The molecule has 3 aromatic rings. The number of nitrogens with zero attached hydrogens (tertiary/aromatic N) is 2. The van der Waals surface area contributed by atoms with Gasteiger partial charge < -0.3 is 34.1 Å². The first-order valence-corrected chi connectivity index (χ1v) is 15.7. The van der Waals surface area contributed by atoms with Crippen molar-refractivity contribution in [2.45, 2.75) is 55.4 Å². The summed E-state index contributed by atoms with van der Waals surface area (Å²) in [6, 6.07) is 12.8. The molecule has 2 fully saturated rings. The summed E-state index contributed by atoms with van der Waals surface area (Å²) in [7, 11) is 3.62. The van der Waals surface area contributed by atoms with Crippen LogP contribution in [0.15, 0.2) is 47.4 Å². The van der Waals surface area contributed by atoms with E-state index in [1.54, 1.807) is 36.4 Å². The number of halogens is 3. The van der Waals surface area contributed by atoms with Crippen LogP contribution in [0.1, 0.15) is 31.4 Å². The van der Waals surface area contributed by atoms with E-state index >= 15 is 0 Å². The molecule has 0 aliphatic carbocycles. The van der Waals surface area contributed by atoms with Crippen molar-refractivity contribution in [1.29, 1.82) is 0 Å². The van der Waals surface area contributed by atoms with E-state index in [2.05, 4.69) is 39.1 Å². The van der Waals surface area contributed by atoms with Gasteiger partial charge in [0.05, 0.1) is 48.0 Å². The molecule has 3 heterocycles. The SMILES string of the molecule is COc1cc([S+]([O-])NC2CCOCC2)ccc1NCC#Cc1cc2c(NC3CCN(C)CC3)cccc2n1CC(F)(F)F. The molecular weight excluding hydrogens is 579 g/mol. The summed E-state index contributed by atoms with van der Waals surface area (Å²) in [6.45, 7) is 2.30. The lowest BCUT2D eigenvalue weighted by Crippen LogP contribution is -2.38. The summed E-state index contributed by atoms with van der Waals surface area (Å²) in [4.78, 5) is 2.86. The third-order valence-electron chi connectivity index (χ3n) is 7.83. The molecule has 8 nitrogen and oxygen atoms in total. The van der Waals surface area contributed by atoms with Gasteiger partial charge in [-0.2, -0.15) is 13.2 Å². The molecule has 5 rings (SSSR count). The maximum atomic E-state index is 13.6. The molecule has 0 saturated carbocycles. The molecule has 1 unspecified atom stereocenters. The van der Waals surface area contributed by atoms with Crippen LogP contribution in [0, 0.1) is 11.8 Å². The molecule has 3 N–H and O–H groups in total. The normalized spacial score (nSPS) is 17.8. The van der Waals surface area contributed by atoms with Gasteiger partial charge in [-0.15, -0.1) is 4.72 Å². The first-order valence-electron chi connectivity index (χ1n) is 14.5. The maximum Gasteiger partial charge on any atom is 0.406 e. The van der Waals surface area contributed by atoms with Crippen LogP contribution in [-0.2, 0) is 22.6 Å². The Labute approximate surface area is 253 Å². The highest BCUT2D eigenvalue weighted by molar-refractivity contribution is 7.89. The average Bonchev–Trinajstić information content (AvgIpc) is 3.33. The van der Waals surface area contributed by atoms with Gasteiger partial charge in [-0.3, -0.25) is 0 Å². The first-order chi connectivity index (χ1) is 20.7. The van der Waals surface area contributed by atoms with Gasteiger partial charge in [-0.1, -0.05) is 12.0 Å². The number of anilines is 2. The molecule has 0 bridgehead atoms. The van der Waals surface area contributed by atoms with Crippen LogP contribution in [0.4, 0.5) is 24.5 Å². The van der Waals surface area contributed by atoms with E-state index in [0.717, 1.165) is 49.8 Å². The van der Waals surface area contributed by atoms with Crippen LogP contribution in [0.2, 0.25) is 0 Å². The van der Waals surface area contributed by atoms with Gasteiger partial charge in [-0.05, 0) is 82.1 Å². The van der Waals surface area contributed by atoms with Crippen LogP contribution in [0.3, 0.4) is 0 Å². The van der Waals surface area contributed by atoms with E-state index < -0.39 is 24.1 Å². The van der Waals surface area contributed by atoms with Crippen LogP contribution < -0.4 is 20.1 Å². The minimum absolute atomic E-state index is 0.128. The number of likely N-dealkylation sites (tertiary alicyclic amines) is 1. The third-order valence-corrected chi connectivity index (χ3v) is 9.06. The standard InChI is InChI=1S/C31H38F3N5O3S/c1-38-15-10-22(11-16-38)36-27-6-3-7-29-26(27)19-24(39(29)21-31(32,33)34)5-4-14-35-28-9-8-25(20-30(28)41-2)43(40)37-23-12-17-42-18-13-23/h3,6-9,19-20,22-23,35-37H,10-18,21H2,1-2H3. The summed E-state index contributed by atoms with van der Waals surface area (Å²) >= 11 is -1.40. The lowest BCUT2D eigenvalue weighted by Gasteiger charge is -2.30. The van der Waals surface area contributed by atoms with Crippen LogP contribution >= 0.6 is 0 Å². The van der Waals surface area contributed by atoms with E-state index in [1.807, 2.05) is 6.07 Å². The number of alkyl halides is 3. The number of aromatic nitrogens is 1. The fraction of sp³-hybridized carbons (Fsp3) is 0.484. The Morgan fingerprint density at radius 1 is 1.05 bits per heavy atom. The van der Waals surface area contributed by atoms with Gasteiger partial charge >= 0.3 is 6.18 Å². The van der Waals surface area contributed by atoms with E-state index in [1.165, 1.54) is 11.7 Å². The second-order valence-electron chi connectivity index (χ2n) is 11.0. The number of rotatable bonds is 9. The molecule has 12 heteroatoms. The number of hydrogen-bond donors (Lipinski definition) is 3. The van der Waals surface area contributed by atoms with Crippen molar-refractivity contribution in [2.75, 3.05) is 57.6 Å². The molecule has 1 aromatic heterocycles. The highest BCUT2D eigenvalue weighted by atomic mass is 32.2. The lowest BCUT2D eigenvalue weighted by atomic mass is 10.0. The number of piperidine rings is 1. The molecule has 43 heavy (non-hydrogen) atoms. The Balaban J connectivity index is 1.30. The number of ether oxygens (including phenoxy) is 2. The smallest absolute Gasteiger partial charge is 0.406 e. The van der Waals surface area contributed by atoms with Crippen molar-refractivity contribution < 1.29 is 27.2 Å². The monoisotopic (exact) mass is 617 g/mol. The Bertz CT molecular complexity index is 1440. The number of nitrogens with one attached hydrogen (secondary N) is 3. The predicted molar refractivity (Wildman–Crippen MR) is 164 cm³/mol. The Hall–Kier alpha value is -3.08. The van der Waals surface area contributed by atoms with E-state index in [9.17, 15) is 17.7 Å². The fourth-order valence-corrected chi connectivity index (χ4v) is 6.56. The van der Waals surface area contributed by atoms with Crippen LogP contribution in [-0.4, -0.2) is 79.3 Å². The van der Waals surface area contributed by atoms with Gasteiger partial charge in [0.15, 0.2) is 4.90 Å². The average molecular weight is 618 g/mol. The van der Waals surface area contributed by atoms with Crippen LogP contribution in [0.25, 0.3) is 10.9 Å². The van der Waals surface area contributed by atoms with Crippen molar-refractivity contribution >= 4 is 33.6 Å². The summed E-state index contributed by atoms with van der Waals surface area (Å²) < 4.78 is 68.9. The molecule has 0 radical (unpaired) electrons. The van der Waals surface area contributed by atoms with Crippen molar-refractivity contribution in [3.63, 3.8) is 0 Å². The number of benzene rings is 2. The minimum atomic E-state index is -4.40. The van der Waals surface area contributed by atoms with Gasteiger partial charge in [0.2, 0.25) is 0 Å². The molecule has 2 aliphatic rings. The zero-order valence-electron chi connectivity index (χ0n) is 24.4. The summed E-state index contributed by atoms with van der Waals surface area (Å²) in [5.74, 6) is 6.42. The molecule has 2 aromatic carbocycles. The lowest BCUT2D eigenvalue weighted by molar-refractivity contribution is -0.140. The number of hydrogen-bond acceptors (Lipinski definition) is 7. The van der Waals surface area contributed by atoms with Gasteiger partial charge in [0.1, 0.15) is 12.3 Å². The molecule has 232 valence electrons. The van der Waals surface area contributed by atoms with E-state index in [4.69, 9.17) is 9.47 Å². The van der Waals surface area contributed by atoms with Gasteiger partial charge in [-0.25, -0.2) is 0 Å². The minimum Gasteiger partial charge on any atom is -0.593 e. The fourth-order valence-electron chi connectivity index (χ4n) is 5.48. The predicted octanol–water partition coefficient (Wildman–Crippen LogP) is 4.97. The first kappa shape index (κ1) is 31.3. The summed E-state index contributed by atoms with van der Waals surface area (Å²) in [5, 5.41) is 7.45. The molecule has 2 aliphatic heterocycles. The zero-order chi connectivity index (χ0) is 30.4. The maximum absolute atomic E-state index is 13.6. The third kappa shape index (κ3) is 8.31. The topological polar surface area (TPSA) is 85.8 Å². The van der Waals surface area contributed by atoms with Gasteiger partial charge in [0.25, 0.3) is 0 Å². The zero-order valence-corrected chi connectivity index (χ0v) is 25.2. The Morgan fingerprint density at radius 3 is 2.53 bits per heavy atom. The van der Waals surface area contributed by atoms with Crippen LogP contribution in [0.5, 0.6) is 5.75 Å². The molecular formula is C31H38F3N5O3S. The highest BCUT2D eigenvalue weighted by Gasteiger charge is 2.30. The van der Waals surface area contributed by atoms with Crippen molar-refractivity contribution in [2.24, 2.45) is 0 Å². The molecule has 2 saturated heterocycles. The molecule has 0 spiro atoms. The van der Waals surface area contributed by atoms with Crippen molar-refractivity contribution in [3.05, 3.63) is 48.2 Å². The highest BCUT2D eigenvalue weighted by Crippen LogP contribution is 2.32. The largest absolute Gasteiger partial charge is 0.593 e. The summed E-state index contributed by atoms with van der Waals surface area (Å²) in [6.07, 6.45) is -0.839. The van der Waals surface area contributed by atoms with Crippen molar-refractivity contribution in [1.82, 2.24) is 14.2 Å². The second-order valence-corrected chi connectivity index (χ2v) is 12.2. The Kier molecular flexibility index (Phi) is 10.3. The summed E-state index contributed by atoms with van der Waals surface area (Å²) in [5.41, 5.74) is 2.25.